The fraction of sp³-hybridized carbons (Fsp3) is 0.467. The van der Waals surface area contributed by atoms with E-state index in [1.807, 2.05) is 19.1 Å². The lowest BCUT2D eigenvalue weighted by atomic mass is 10.1. The molecule has 0 radical (unpaired) electrons. The number of hydrogen-bond acceptors (Lipinski definition) is 4. The van der Waals surface area contributed by atoms with Gasteiger partial charge in [-0.15, -0.1) is 0 Å². The summed E-state index contributed by atoms with van der Waals surface area (Å²) < 4.78 is 10.1. The Bertz CT molecular complexity index is 444. The number of hydrogen-bond donors (Lipinski definition) is 2. The Labute approximate surface area is 124 Å². The van der Waals surface area contributed by atoms with Crippen molar-refractivity contribution < 1.29 is 24.2 Å². The van der Waals surface area contributed by atoms with Crippen molar-refractivity contribution in [2.24, 2.45) is 0 Å². The topological polar surface area (TPSA) is 84.9 Å². The first kappa shape index (κ1) is 17.0. The van der Waals surface area contributed by atoms with E-state index in [0.29, 0.717) is 38.3 Å². The Hall–Kier alpha value is -2.08. The van der Waals surface area contributed by atoms with Gasteiger partial charge < -0.3 is 19.9 Å². The van der Waals surface area contributed by atoms with Crippen LogP contribution in [0.1, 0.15) is 18.9 Å². The van der Waals surface area contributed by atoms with Crippen LogP contribution < -0.4 is 10.1 Å². The zero-order valence-electron chi connectivity index (χ0n) is 12.1. The summed E-state index contributed by atoms with van der Waals surface area (Å²) in [5.74, 6) is -0.513. The molecule has 0 spiro atoms. The summed E-state index contributed by atoms with van der Waals surface area (Å²) in [6.45, 7) is 3.15. The van der Waals surface area contributed by atoms with Crippen molar-refractivity contribution in [3.8, 4) is 5.75 Å². The number of aliphatic carboxylic acids is 1. The van der Waals surface area contributed by atoms with E-state index < -0.39 is 5.97 Å². The molecule has 0 bridgehead atoms. The average Bonchev–Trinajstić information content (AvgIpc) is 2.46. The van der Waals surface area contributed by atoms with Crippen LogP contribution in [0.3, 0.4) is 0 Å². The van der Waals surface area contributed by atoms with Crippen LogP contribution in [0.25, 0.3) is 0 Å². The minimum absolute atomic E-state index is 0.0233. The van der Waals surface area contributed by atoms with Gasteiger partial charge in [0.15, 0.2) is 6.61 Å². The maximum atomic E-state index is 11.4. The van der Waals surface area contributed by atoms with Crippen molar-refractivity contribution in [2.45, 2.75) is 19.8 Å². The van der Waals surface area contributed by atoms with Crippen molar-refractivity contribution >= 4 is 11.9 Å². The lowest BCUT2D eigenvalue weighted by Crippen LogP contribution is -2.26. The summed E-state index contributed by atoms with van der Waals surface area (Å²) in [6, 6.07) is 7.14. The lowest BCUT2D eigenvalue weighted by molar-refractivity contribution is -0.139. The van der Waals surface area contributed by atoms with Crippen molar-refractivity contribution in [1.29, 1.82) is 0 Å². The fourth-order valence-electron chi connectivity index (χ4n) is 1.64. The summed E-state index contributed by atoms with van der Waals surface area (Å²) in [6.07, 6.45) is 1.08. The zero-order chi connectivity index (χ0) is 15.5. The normalized spacial score (nSPS) is 10.1. The van der Waals surface area contributed by atoms with Crippen LogP contribution >= 0.6 is 0 Å². The van der Waals surface area contributed by atoms with Gasteiger partial charge in [0.2, 0.25) is 5.91 Å². The standard InChI is InChI=1S/C15H21NO5/c1-2-20-10-8-14(17)16-9-7-12-3-5-13(6-4-12)21-11-15(18)19/h3-6H,2,7-11H2,1H3,(H,16,17)(H,18,19). The van der Waals surface area contributed by atoms with Crippen molar-refractivity contribution in [3.63, 3.8) is 0 Å². The van der Waals surface area contributed by atoms with E-state index in [4.69, 9.17) is 14.6 Å². The smallest absolute Gasteiger partial charge is 0.341 e. The van der Waals surface area contributed by atoms with E-state index in [1.165, 1.54) is 0 Å². The highest BCUT2D eigenvalue weighted by Gasteiger charge is 2.02. The maximum absolute atomic E-state index is 11.4. The second-order valence-electron chi connectivity index (χ2n) is 4.37. The molecular weight excluding hydrogens is 274 g/mol. The molecule has 6 nitrogen and oxygen atoms in total. The van der Waals surface area contributed by atoms with Crippen LogP contribution in [0.15, 0.2) is 24.3 Å². The minimum atomic E-state index is -1.01. The molecule has 1 aromatic rings. The molecule has 6 heteroatoms. The first-order chi connectivity index (χ1) is 10.1. The van der Waals surface area contributed by atoms with Crippen molar-refractivity contribution in [2.75, 3.05) is 26.4 Å². The Balaban J connectivity index is 2.23. The molecule has 2 N–H and O–H groups in total. The number of ether oxygens (including phenoxy) is 2. The van der Waals surface area contributed by atoms with Gasteiger partial charge in [-0.25, -0.2) is 4.79 Å². The second kappa shape index (κ2) is 9.77. The van der Waals surface area contributed by atoms with E-state index in [9.17, 15) is 9.59 Å². The van der Waals surface area contributed by atoms with E-state index in [2.05, 4.69) is 5.32 Å². The van der Waals surface area contributed by atoms with Gasteiger partial charge in [-0.05, 0) is 31.0 Å². The molecule has 1 rings (SSSR count). The Morgan fingerprint density at radius 1 is 1.24 bits per heavy atom. The van der Waals surface area contributed by atoms with Crippen LogP contribution in [0.2, 0.25) is 0 Å². The third kappa shape index (κ3) is 7.94. The number of rotatable bonds is 10. The minimum Gasteiger partial charge on any atom is -0.482 e. The van der Waals surface area contributed by atoms with Crippen LogP contribution in [-0.4, -0.2) is 43.3 Å². The number of carboxylic acids is 1. The summed E-state index contributed by atoms with van der Waals surface area (Å²) in [7, 11) is 0. The molecule has 0 saturated carbocycles. The van der Waals surface area contributed by atoms with Gasteiger partial charge in [0.25, 0.3) is 0 Å². The molecule has 0 aliphatic heterocycles. The summed E-state index contributed by atoms with van der Waals surface area (Å²) in [5, 5.41) is 11.3. The Morgan fingerprint density at radius 3 is 2.57 bits per heavy atom. The molecule has 1 amide bonds. The van der Waals surface area contributed by atoms with Crippen LogP contribution in [0.4, 0.5) is 0 Å². The van der Waals surface area contributed by atoms with Gasteiger partial charge >= 0.3 is 5.97 Å². The summed E-state index contributed by atoms with van der Waals surface area (Å²) in [4.78, 5) is 21.8. The highest BCUT2D eigenvalue weighted by molar-refractivity contribution is 5.75. The van der Waals surface area contributed by atoms with E-state index in [1.54, 1.807) is 12.1 Å². The van der Waals surface area contributed by atoms with E-state index in [0.717, 1.165) is 5.56 Å². The molecule has 0 fully saturated rings. The van der Waals surface area contributed by atoms with Gasteiger partial charge in [-0.2, -0.15) is 0 Å². The summed E-state index contributed by atoms with van der Waals surface area (Å²) >= 11 is 0. The molecule has 0 aromatic heterocycles. The van der Waals surface area contributed by atoms with E-state index in [-0.39, 0.29) is 12.5 Å². The van der Waals surface area contributed by atoms with Crippen LogP contribution in [-0.2, 0) is 20.7 Å². The quantitative estimate of drug-likeness (QED) is 0.634. The second-order valence-corrected chi connectivity index (χ2v) is 4.37. The molecule has 0 unspecified atom stereocenters. The summed E-state index contributed by atoms with van der Waals surface area (Å²) in [5.41, 5.74) is 1.04. The maximum Gasteiger partial charge on any atom is 0.341 e. The lowest BCUT2D eigenvalue weighted by Gasteiger charge is -2.07. The molecule has 1 aromatic carbocycles. The molecule has 0 aliphatic carbocycles. The molecule has 0 saturated heterocycles. The average molecular weight is 295 g/mol. The molecule has 0 atom stereocenters. The van der Waals surface area contributed by atoms with Gasteiger partial charge in [-0.1, -0.05) is 12.1 Å². The monoisotopic (exact) mass is 295 g/mol. The molecule has 116 valence electrons. The Kier molecular flexibility index (Phi) is 7.89. The molecule has 21 heavy (non-hydrogen) atoms. The highest BCUT2D eigenvalue weighted by atomic mass is 16.5. The van der Waals surface area contributed by atoms with Gasteiger partial charge in [-0.3, -0.25) is 4.79 Å². The number of nitrogens with one attached hydrogen (secondary N) is 1. The number of amides is 1. The first-order valence-corrected chi connectivity index (χ1v) is 6.89. The number of carbonyl (C=O) groups excluding carboxylic acids is 1. The molecule has 0 heterocycles. The number of benzene rings is 1. The highest BCUT2D eigenvalue weighted by Crippen LogP contribution is 2.12. The third-order valence-corrected chi connectivity index (χ3v) is 2.70. The van der Waals surface area contributed by atoms with Gasteiger partial charge in [0.05, 0.1) is 6.61 Å². The fourth-order valence-corrected chi connectivity index (χ4v) is 1.64. The predicted molar refractivity (Wildman–Crippen MR) is 77.4 cm³/mol. The number of carboxylic acid groups (broad SMARTS) is 1. The molecule has 0 aliphatic rings. The number of carbonyl (C=O) groups is 2. The third-order valence-electron chi connectivity index (χ3n) is 2.70. The van der Waals surface area contributed by atoms with Gasteiger partial charge in [0.1, 0.15) is 5.75 Å². The molecular formula is C15H21NO5. The largest absolute Gasteiger partial charge is 0.482 e. The first-order valence-electron chi connectivity index (χ1n) is 6.89. The Morgan fingerprint density at radius 2 is 1.95 bits per heavy atom. The van der Waals surface area contributed by atoms with Crippen LogP contribution in [0, 0.1) is 0 Å². The zero-order valence-corrected chi connectivity index (χ0v) is 12.1. The van der Waals surface area contributed by atoms with Crippen LogP contribution in [0.5, 0.6) is 5.75 Å². The van der Waals surface area contributed by atoms with Gasteiger partial charge in [0, 0.05) is 19.6 Å². The van der Waals surface area contributed by atoms with Crippen molar-refractivity contribution in [3.05, 3.63) is 29.8 Å². The predicted octanol–water partition coefficient (Wildman–Crippen LogP) is 1.24. The van der Waals surface area contributed by atoms with Crippen molar-refractivity contribution in [1.82, 2.24) is 5.32 Å². The van der Waals surface area contributed by atoms with E-state index >= 15 is 0 Å². The SMILES string of the molecule is CCOCCC(=O)NCCc1ccc(OCC(=O)O)cc1.